The third-order valence-corrected chi connectivity index (χ3v) is 4.34. The van der Waals surface area contributed by atoms with Gasteiger partial charge in [0.15, 0.2) is 0 Å². The molecule has 0 saturated heterocycles. The van der Waals surface area contributed by atoms with Gasteiger partial charge in [0.1, 0.15) is 5.75 Å². The highest BCUT2D eigenvalue weighted by atomic mass is 16.5. The van der Waals surface area contributed by atoms with E-state index < -0.39 is 0 Å². The summed E-state index contributed by atoms with van der Waals surface area (Å²) in [4.78, 5) is 9.12. The van der Waals surface area contributed by atoms with Crippen LogP contribution >= 0.6 is 0 Å². The molecule has 4 aromatic rings. The Morgan fingerprint density at radius 2 is 1.18 bits per heavy atom. The van der Waals surface area contributed by atoms with Crippen molar-refractivity contribution >= 4 is 11.6 Å². The van der Waals surface area contributed by atoms with E-state index in [0.29, 0.717) is 11.8 Å². The largest absolute Gasteiger partial charge is 0.439 e. The van der Waals surface area contributed by atoms with Gasteiger partial charge in [-0.25, -0.2) is 4.98 Å². The lowest BCUT2D eigenvalue weighted by Crippen LogP contribution is -2.03. The molecule has 0 amide bonds. The first-order chi connectivity index (χ1) is 16.9. The molecule has 180 valence electrons. The van der Waals surface area contributed by atoms with Crippen molar-refractivity contribution < 1.29 is 4.74 Å². The van der Waals surface area contributed by atoms with Crippen LogP contribution < -0.4 is 10.1 Å². The average Bonchev–Trinajstić information content (AvgIpc) is 2.93. The number of hydrogen-bond donors (Lipinski definition) is 1. The van der Waals surface area contributed by atoms with Crippen LogP contribution in [0.25, 0.3) is 0 Å². The lowest BCUT2D eigenvalue weighted by molar-refractivity contribution is 0.455. The Kier molecular flexibility index (Phi) is 14.9. The molecule has 0 unspecified atom stereocenters. The quantitative estimate of drug-likeness (QED) is 0.301. The van der Waals surface area contributed by atoms with Gasteiger partial charge in [-0.05, 0) is 42.7 Å². The molecule has 1 N–H and O–H groups in total. The van der Waals surface area contributed by atoms with E-state index in [9.17, 15) is 0 Å². The van der Waals surface area contributed by atoms with Gasteiger partial charge in [-0.2, -0.15) is 4.98 Å². The first-order valence-corrected chi connectivity index (χ1v) is 12.3. The van der Waals surface area contributed by atoms with E-state index in [1.807, 2.05) is 114 Å². The number of hydrogen-bond acceptors (Lipinski definition) is 4. The summed E-state index contributed by atoms with van der Waals surface area (Å²) in [5.41, 5.74) is 3.19. The second kappa shape index (κ2) is 17.8. The number of anilines is 2. The Hall–Kier alpha value is -3.66. The Balaban J connectivity index is 0.000000894. The van der Waals surface area contributed by atoms with Crippen LogP contribution in [0, 0.1) is 0 Å². The van der Waals surface area contributed by atoms with E-state index in [0.717, 1.165) is 29.8 Å². The molecule has 0 aliphatic rings. The van der Waals surface area contributed by atoms with Crippen LogP contribution in [0.15, 0.2) is 97.2 Å². The molecule has 4 nitrogen and oxygen atoms in total. The first-order valence-electron chi connectivity index (χ1n) is 12.3. The van der Waals surface area contributed by atoms with E-state index >= 15 is 0 Å². The molecule has 0 fully saturated rings. The standard InChI is InChI=1S/C24H21N3O.3C2H6/c1-4-10-19(11-5-1)16-17-20-18-25-24(26-21-12-6-2-7-13-21)27-23(20)28-22-14-8-3-9-15-22;3*1-2/h1-15,18H,16-17H2,(H,25,26,27);3*1-2H3. The summed E-state index contributed by atoms with van der Waals surface area (Å²) in [5.74, 6) is 1.85. The summed E-state index contributed by atoms with van der Waals surface area (Å²) in [6.45, 7) is 12.0. The molecule has 34 heavy (non-hydrogen) atoms. The molecule has 0 bridgehead atoms. The van der Waals surface area contributed by atoms with E-state index in [4.69, 9.17) is 4.74 Å². The Morgan fingerprint density at radius 1 is 0.647 bits per heavy atom. The zero-order valence-corrected chi connectivity index (χ0v) is 21.5. The minimum absolute atomic E-state index is 0.514. The number of ether oxygens (including phenoxy) is 1. The van der Waals surface area contributed by atoms with Crippen molar-refractivity contribution in [1.29, 1.82) is 0 Å². The summed E-state index contributed by atoms with van der Waals surface area (Å²) >= 11 is 0. The van der Waals surface area contributed by atoms with Gasteiger partial charge in [-0.15, -0.1) is 0 Å². The van der Waals surface area contributed by atoms with Crippen LogP contribution in [-0.2, 0) is 12.8 Å². The van der Waals surface area contributed by atoms with Crippen molar-refractivity contribution in [3.05, 3.63) is 108 Å². The fraction of sp³-hybridized carbons (Fsp3) is 0.267. The molecule has 0 radical (unpaired) electrons. The van der Waals surface area contributed by atoms with Crippen LogP contribution in [0.4, 0.5) is 11.6 Å². The number of aryl methyl sites for hydroxylation is 2. The number of rotatable bonds is 7. The highest BCUT2D eigenvalue weighted by molar-refractivity contribution is 5.53. The number of aromatic nitrogens is 2. The molecule has 0 aliphatic carbocycles. The van der Waals surface area contributed by atoms with E-state index in [2.05, 4.69) is 39.6 Å². The fourth-order valence-corrected chi connectivity index (χ4v) is 2.89. The topological polar surface area (TPSA) is 47.0 Å². The van der Waals surface area contributed by atoms with Gasteiger partial charge in [0.25, 0.3) is 0 Å². The number of nitrogens with zero attached hydrogens (tertiary/aromatic N) is 2. The summed E-state index contributed by atoms with van der Waals surface area (Å²) < 4.78 is 6.09. The molecular formula is C30H39N3O. The molecular weight excluding hydrogens is 418 g/mol. The molecule has 0 saturated carbocycles. The van der Waals surface area contributed by atoms with Crippen molar-refractivity contribution in [3.8, 4) is 11.6 Å². The van der Waals surface area contributed by atoms with E-state index in [-0.39, 0.29) is 0 Å². The third kappa shape index (κ3) is 9.86. The second-order valence-electron chi connectivity index (χ2n) is 6.42. The SMILES string of the molecule is CC.CC.CC.c1ccc(CCc2cnc(Nc3ccccc3)nc2Oc2ccccc2)cc1. The minimum atomic E-state index is 0.514. The van der Waals surface area contributed by atoms with Crippen molar-refractivity contribution in [3.63, 3.8) is 0 Å². The minimum Gasteiger partial charge on any atom is -0.439 e. The first kappa shape index (κ1) is 28.4. The predicted octanol–water partition coefficient (Wildman–Crippen LogP) is 8.88. The highest BCUT2D eigenvalue weighted by Gasteiger charge is 2.11. The molecule has 1 heterocycles. The molecule has 4 heteroatoms. The van der Waals surface area contributed by atoms with Gasteiger partial charge < -0.3 is 10.1 Å². The van der Waals surface area contributed by atoms with Crippen LogP contribution in [0.1, 0.15) is 52.7 Å². The van der Waals surface area contributed by atoms with Crippen molar-refractivity contribution in [2.75, 3.05) is 5.32 Å². The number of nitrogens with one attached hydrogen (secondary N) is 1. The average molecular weight is 458 g/mol. The second-order valence-corrected chi connectivity index (χ2v) is 6.42. The predicted molar refractivity (Wildman–Crippen MR) is 146 cm³/mol. The molecule has 0 atom stereocenters. The fourth-order valence-electron chi connectivity index (χ4n) is 2.89. The molecule has 0 spiro atoms. The zero-order valence-electron chi connectivity index (χ0n) is 21.5. The van der Waals surface area contributed by atoms with Crippen LogP contribution in [0.2, 0.25) is 0 Å². The summed E-state index contributed by atoms with van der Waals surface area (Å²) in [6.07, 6.45) is 3.55. The van der Waals surface area contributed by atoms with Gasteiger partial charge in [0.05, 0.1) is 0 Å². The number of para-hydroxylation sites is 2. The molecule has 3 aromatic carbocycles. The van der Waals surface area contributed by atoms with Crippen molar-refractivity contribution in [1.82, 2.24) is 9.97 Å². The Morgan fingerprint density at radius 3 is 1.76 bits per heavy atom. The van der Waals surface area contributed by atoms with Crippen LogP contribution in [0.5, 0.6) is 11.6 Å². The monoisotopic (exact) mass is 457 g/mol. The highest BCUT2D eigenvalue weighted by Crippen LogP contribution is 2.26. The van der Waals surface area contributed by atoms with Gasteiger partial charge in [0.2, 0.25) is 11.8 Å². The Labute approximate surface area is 206 Å². The van der Waals surface area contributed by atoms with Gasteiger partial charge >= 0.3 is 0 Å². The number of benzene rings is 3. The maximum Gasteiger partial charge on any atom is 0.230 e. The third-order valence-electron chi connectivity index (χ3n) is 4.34. The molecule has 0 aliphatic heterocycles. The van der Waals surface area contributed by atoms with E-state index in [1.165, 1.54) is 5.56 Å². The lowest BCUT2D eigenvalue weighted by Gasteiger charge is -2.12. The summed E-state index contributed by atoms with van der Waals surface area (Å²) in [6, 6.07) is 30.0. The maximum absolute atomic E-state index is 6.09. The van der Waals surface area contributed by atoms with Gasteiger partial charge in [-0.3, -0.25) is 0 Å². The smallest absolute Gasteiger partial charge is 0.230 e. The van der Waals surface area contributed by atoms with Crippen LogP contribution in [0.3, 0.4) is 0 Å². The van der Waals surface area contributed by atoms with Gasteiger partial charge in [-0.1, -0.05) is 108 Å². The van der Waals surface area contributed by atoms with Crippen LogP contribution in [-0.4, -0.2) is 9.97 Å². The molecule has 1 aromatic heterocycles. The summed E-state index contributed by atoms with van der Waals surface area (Å²) in [7, 11) is 0. The van der Waals surface area contributed by atoms with Crippen molar-refractivity contribution in [2.45, 2.75) is 54.4 Å². The Bertz CT molecular complexity index is 1010. The lowest BCUT2D eigenvalue weighted by atomic mass is 10.1. The summed E-state index contributed by atoms with van der Waals surface area (Å²) in [5, 5.41) is 3.23. The van der Waals surface area contributed by atoms with Gasteiger partial charge in [0, 0.05) is 17.4 Å². The van der Waals surface area contributed by atoms with E-state index in [1.54, 1.807) is 0 Å². The normalized spacial score (nSPS) is 9.12. The zero-order chi connectivity index (χ0) is 25.0. The maximum atomic E-state index is 6.09. The molecule has 4 rings (SSSR count). The van der Waals surface area contributed by atoms with Crippen molar-refractivity contribution in [2.24, 2.45) is 0 Å².